The van der Waals surface area contributed by atoms with Crippen LogP contribution in [0.2, 0.25) is 0 Å². The maximum absolute atomic E-state index is 12.9. The molecule has 8 heteroatoms. The van der Waals surface area contributed by atoms with Crippen LogP contribution in [0, 0.1) is 6.92 Å². The lowest BCUT2D eigenvalue weighted by atomic mass is 10.1. The van der Waals surface area contributed by atoms with E-state index in [4.69, 9.17) is 9.47 Å². The molecule has 1 N–H and O–H groups in total. The van der Waals surface area contributed by atoms with E-state index in [9.17, 15) is 13.2 Å². The van der Waals surface area contributed by atoms with Crippen LogP contribution in [0.4, 0.5) is 5.69 Å². The molecule has 0 unspecified atom stereocenters. The van der Waals surface area contributed by atoms with Crippen molar-refractivity contribution in [1.29, 1.82) is 0 Å². The van der Waals surface area contributed by atoms with Crippen molar-refractivity contribution in [1.82, 2.24) is 4.90 Å². The van der Waals surface area contributed by atoms with Crippen molar-refractivity contribution in [2.45, 2.75) is 18.4 Å². The Labute approximate surface area is 187 Å². The predicted octanol–water partition coefficient (Wildman–Crippen LogP) is 3.84. The van der Waals surface area contributed by atoms with E-state index in [-0.39, 0.29) is 10.8 Å². The van der Waals surface area contributed by atoms with Gasteiger partial charge in [-0.2, -0.15) is 0 Å². The highest BCUT2D eigenvalue weighted by atomic mass is 32.2. The van der Waals surface area contributed by atoms with Crippen molar-refractivity contribution in [3.8, 4) is 11.5 Å². The van der Waals surface area contributed by atoms with Gasteiger partial charge >= 0.3 is 0 Å². The number of hydrogen-bond donors (Lipinski definition) is 1. The Balaban J connectivity index is 1.51. The zero-order chi connectivity index (χ0) is 22.7. The fourth-order valence-electron chi connectivity index (χ4n) is 3.46. The minimum atomic E-state index is -3.87. The molecule has 0 spiro atoms. The topological polar surface area (TPSA) is 84.9 Å². The molecular weight excluding hydrogens is 428 g/mol. The number of carbonyl (C=O) groups is 1. The SMILES string of the molecule is Cc1ccccc1CN(C)C(=O)c1cccc(NS(=O)(=O)c2ccc3c(c2)OCCO3)c1. The molecule has 0 aliphatic carbocycles. The summed E-state index contributed by atoms with van der Waals surface area (Å²) in [5, 5.41) is 0. The summed E-state index contributed by atoms with van der Waals surface area (Å²) in [6.07, 6.45) is 0. The summed E-state index contributed by atoms with van der Waals surface area (Å²) in [6, 6.07) is 18.8. The lowest BCUT2D eigenvalue weighted by Crippen LogP contribution is -2.26. The molecule has 3 aromatic carbocycles. The Morgan fingerprint density at radius 3 is 2.50 bits per heavy atom. The highest BCUT2D eigenvalue weighted by Gasteiger charge is 2.20. The molecule has 166 valence electrons. The molecule has 1 amide bonds. The average molecular weight is 453 g/mol. The number of carbonyl (C=O) groups excluding carboxylic acids is 1. The highest BCUT2D eigenvalue weighted by Crippen LogP contribution is 2.32. The molecule has 1 heterocycles. The lowest BCUT2D eigenvalue weighted by molar-refractivity contribution is 0.0785. The number of nitrogens with zero attached hydrogens (tertiary/aromatic N) is 1. The molecule has 1 aliphatic heterocycles. The maximum Gasteiger partial charge on any atom is 0.262 e. The third-order valence-corrected chi connectivity index (χ3v) is 6.58. The van der Waals surface area contributed by atoms with Gasteiger partial charge in [0.15, 0.2) is 11.5 Å². The van der Waals surface area contributed by atoms with Crippen LogP contribution in [0.3, 0.4) is 0 Å². The first-order valence-electron chi connectivity index (χ1n) is 10.2. The van der Waals surface area contributed by atoms with E-state index in [1.807, 2.05) is 31.2 Å². The monoisotopic (exact) mass is 452 g/mol. The Morgan fingerprint density at radius 1 is 0.969 bits per heavy atom. The largest absolute Gasteiger partial charge is 0.486 e. The number of nitrogens with one attached hydrogen (secondary N) is 1. The fourth-order valence-corrected chi connectivity index (χ4v) is 4.52. The predicted molar refractivity (Wildman–Crippen MR) is 122 cm³/mol. The minimum Gasteiger partial charge on any atom is -0.486 e. The number of anilines is 1. The zero-order valence-electron chi connectivity index (χ0n) is 17.9. The molecular formula is C24H24N2O5S. The summed E-state index contributed by atoms with van der Waals surface area (Å²) < 4.78 is 39.2. The van der Waals surface area contributed by atoms with Crippen LogP contribution in [0.1, 0.15) is 21.5 Å². The van der Waals surface area contributed by atoms with Gasteiger partial charge in [-0.3, -0.25) is 9.52 Å². The van der Waals surface area contributed by atoms with Crippen LogP contribution in [0.5, 0.6) is 11.5 Å². The first-order chi connectivity index (χ1) is 15.3. The van der Waals surface area contributed by atoms with Crippen molar-refractivity contribution in [2.24, 2.45) is 0 Å². The summed E-state index contributed by atoms with van der Waals surface area (Å²) in [5.74, 6) is 0.703. The second kappa shape index (κ2) is 8.92. The number of rotatable bonds is 6. The van der Waals surface area contributed by atoms with E-state index >= 15 is 0 Å². The van der Waals surface area contributed by atoms with E-state index in [0.29, 0.717) is 42.5 Å². The summed E-state index contributed by atoms with van der Waals surface area (Å²) in [6.45, 7) is 3.25. The molecule has 32 heavy (non-hydrogen) atoms. The smallest absolute Gasteiger partial charge is 0.262 e. The van der Waals surface area contributed by atoms with Crippen LogP contribution in [-0.4, -0.2) is 39.5 Å². The summed E-state index contributed by atoms with van der Waals surface area (Å²) >= 11 is 0. The van der Waals surface area contributed by atoms with E-state index in [2.05, 4.69) is 4.72 Å². The first-order valence-corrected chi connectivity index (χ1v) is 11.6. The van der Waals surface area contributed by atoms with Gasteiger partial charge < -0.3 is 14.4 Å². The van der Waals surface area contributed by atoms with Crippen LogP contribution in [0.15, 0.2) is 71.6 Å². The van der Waals surface area contributed by atoms with E-state index < -0.39 is 10.0 Å². The quantitative estimate of drug-likeness (QED) is 0.614. The van der Waals surface area contributed by atoms with E-state index in [1.165, 1.54) is 18.2 Å². The van der Waals surface area contributed by atoms with Gasteiger partial charge in [-0.15, -0.1) is 0 Å². The molecule has 0 radical (unpaired) electrons. The Hall–Kier alpha value is -3.52. The Bertz CT molecular complexity index is 1260. The number of aryl methyl sites for hydroxylation is 1. The van der Waals surface area contributed by atoms with Crippen molar-refractivity contribution in [3.05, 3.63) is 83.4 Å². The van der Waals surface area contributed by atoms with E-state index in [1.54, 1.807) is 36.2 Å². The van der Waals surface area contributed by atoms with Gasteiger partial charge in [0.2, 0.25) is 0 Å². The normalized spacial score (nSPS) is 12.8. The van der Waals surface area contributed by atoms with Crippen LogP contribution in [-0.2, 0) is 16.6 Å². The van der Waals surface area contributed by atoms with Crippen LogP contribution < -0.4 is 14.2 Å². The summed E-state index contributed by atoms with van der Waals surface area (Å²) in [7, 11) is -2.15. The van der Waals surface area contributed by atoms with Gasteiger partial charge in [-0.05, 0) is 48.4 Å². The highest BCUT2D eigenvalue weighted by molar-refractivity contribution is 7.92. The first kappa shape index (κ1) is 21.7. The van der Waals surface area contributed by atoms with Gasteiger partial charge in [0, 0.05) is 30.9 Å². The van der Waals surface area contributed by atoms with Gasteiger partial charge in [0.1, 0.15) is 13.2 Å². The van der Waals surface area contributed by atoms with Crippen LogP contribution >= 0.6 is 0 Å². The van der Waals surface area contributed by atoms with Crippen LogP contribution in [0.25, 0.3) is 0 Å². The fraction of sp³-hybridized carbons (Fsp3) is 0.208. The molecule has 0 aromatic heterocycles. The summed E-state index contributed by atoms with van der Waals surface area (Å²) in [4.78, 5) is 14.6. The number of hydrogen-bond acceptors (Lipinski definition) is 5. The number of amides is 1. The van der Waals surface area contributed by atoms with Crippen molar-refractivity contribution in [3.63, 3.8) is 0 Å². The number of fused-ring (bicyclic) bond motifs is 1. The Kier molecular flexibility index (Phi) is 6.05. The average Bonchev–Trinajstić information content (AvgIpc) is 2.79. The number of benzene rings is 3. The minimum absolute atomic E-state index is 0.0511. The van der Waals surface area contributed by atoms with Crippen molar-refractivity contribution >= 4 is 21.6 Å². The molecule has 4 rings (SSSR count). The van der Waals surface area contributed by atoms with Crippen molar-refractivity contribution < 1.29 is 22.7 Å². The standard InChI is InChI=1S/C24H24N2O5S/c1-17-6-3-4-7-19(17)16-26(2)24(27)18-8-5-9-20(14-18)25-32(28,29)21-10-11-22-23(15-21)31-13-12-30-22/h3-11,14-15,25H,12-13,16H2,1-2H3. The molecule has 0 bridgehead atoms. The molecule has 0 saturated carbocycles. The summed E-state index contributed by atoms with van der Waals surface area (Å²) in [5.41, 5.74) is 2.85. The Morgan fingerprint density at radius 2 is 1.72 bits per heavy atom. The third kappa shape index (κ3) is 4.70. The van der Waals surface area contributed by atoms with Crippen molar-refractivity contribution in [2.75, 3.05) is 25.0 Å². The molecule has 0 saturated heterocycles. The number of ether oxygens (including phenoxy) is 2. The molecule has 0 atom stereocenters. The molecule has 3 aromatic rings. The third-order valence-electron chi connectivity index (χ3n) is 5.20. The molecule has 0 fully saturated rings. The maximum atomic E-state index is 12.9. The molecule has 1 aliphatic rings. The zero-order valence-corrected chi connectivity index (χ0v) is 18.7. The molecule has 7 nitrogen and oxygen atoms in total. The van der Waals surface area contributed by atoms with Gasteiger partial charge in [-0.1, -0.05) is 30.3 Å². The number of sulfonamides is 1. The van der Waals surface area contributed by atoms with Gasteiger partial charge in [0.25, 0.3) is 15.9 Å². The van der Waals surface area contributed by atoms with Gasteiger partial charge in [0.05, 0.1) is 4.90 Å². The lowest BCUT2D eigenvalue weighted by Gasteiger charge is -2.20. The second-order valence-corrected chi connectivity index (χ2v) is 9.26. The van der Waals surface area contributed by atoms with Gasteiger partial charge in [-0.25, -0.2) is 8.42 Å². The van der Waals surface area contributed by atoms with E-state index in [0.717, 1.165) is 11.1 Å². The second-order valence-electron chi connectivity index (χ2n) is 7.58.